The summed E-state index contributed by atoms with van der Waals surface area (Å²) in [4.78, 5) is 21.9. The van der Waals surface area contributed by atoms with Gasteiger partial charge >= 0.3 is 5.97 Å². The minimum Gasteiger partial charge on any atom is -0.482 e. The van der Waals surface area contributed by atoms with E-state index in [0.29, 0.717) is 11.4 Å². The van der Waals surface area contributed by atoms with Crippen LogP contribution in [0.3, 0.4) is 0 Å². The fourth-order valence-electron chi connectivity index (χ4n) is 1.23. The number of carbonyl (C=O) groups is 2. The van der Waals surface area contributed by atoms with E-state index in [0.717, 1.165) is 6.42 Å². The van der Waals surface area contributed by atoms with Crippen LogP contribution in [0, 0.1) is 5.92 Å². The lowest BCUT2D eigenvalue weighted by Crippen LogP contribution is -2.19. The second kappa shape index (κ2) is 6.64. The van der Waals surface area contributed by atoms with Gasteiger partial charge < -0.3 is 15.2 Å². The van der Waals surface area contributed by atoms with Crippen molar-refractivity contribution >= 4 is 17.6 Å². The molecular formula is C13H17NO4. The number of nitrogens with one attached hydrogen (secondary N) is 1. The largest absolute Gasteiger partial charge is 0.482 e. The Kier molecular flexibility index (Phi) is 5.17. The minimum absolute atomic E-state index is 0.0308. The average molecular weight is 251 g/mol. The lowest BCUT2D eigenvalue weighted by atomic mass is 10.1. The molecule has 1 atom stereocenters. The van der Waals surface area contributed by atoms with Crippen molar-refractivity contribution in [3.63, 3.8) is 0 Å². The van der Waals surface area contributed by atoms with Gasteiger partial charge in [-0.1, -0.05) is 13.8 Å². The molecule has 5 nitrogen and oxygen atoms in total. The van der Waals surface area contributed by atoms with Gasteiger partial charge in [-0.15, -0.1) is 0 Å². The predicted molar refractivity (Wildman–Crippen MR) is 67.7 cm³/mol. The molecule has 18 heavy (non-hydrogen) atoms. The molecular weight excluding hydrogens is 234 g/mol. The van der Waals surface area contributed by atoms with Crippen molar-refractivity contribution in [1.82, 2.24) is 0 Å². The summed E-state index contributed by atoms with van der Waals surface area (Å²) >= 11 is 0. The van der Waals surface area contributed by atoms with Crippen LogP contribution in [0.1, 0.15) is 20.3 Å². The number of carbonyl (C=O) groups excluding carboxylic acids is 1. The first-order valence-electron chi connectivity index (χ1n) is 5.78. The van der Waals surface area contributed by atoms with Crippen LogP contribution in [0.25, 0.3) is 0 Å². The second-order valence-electron chi connectivity index (χ2n) is 4.01. The predicted octanol–water partition coefficient (Wildman–Crippen LogP) is 2.13. The number of amides is 1. The Hall–Kier alpha value is -2.04. The number of carboxylic acids is 1. The molecule has 0 saturated carbocycles. The highest BCUT2D eigenvalue weighted by molar-refractivity contribution is 5.92. The highest BCUT2D eigenvalue weighted by Gasteiger charge is 2.10. The normalized spacial score (nSPS) is 11.7. The van der Waals surface area contributed by atoms with E-state index in [2.05, 4.69) is 5.32 Å². The van der Waals surface area contributed by atoms with Gasteiger partial charge in [-0.2, -0.15) is 0 Å². The number of carboxylic acid groups (broad SMARTS) is 1. The van der Waals surface area contributed by atoms with Crippen LogP contribution in [0.5, 0.6) is 5.75 Å². The Balaban J connectivity index is 2.55. The first kappa shape index (κ1) is 14.0. The third-order valence-corrected chi connectivity index (χ3v) is 2.54. The van der Waals surface area contributed by atoms with E-state index in [1.807, 2.05) is 13.8 Å². The average Bonchev–Trinajstić information content (AvgIpc) is 2.36. The molecule has 2 N–H and O–H groups in total. The number of hydrogen-bond donors (Lipinski definition) is 2. The van der Waals surface area contributed by atoms with Crippen LogP contribution in [-0.4, -0.2) is 23.6 Å². The zero-order chi connectivity index (χ0) is 13.5. The van der Waals surface area contributed by atoms with Gasteiger partial charge in [0.15, 0.2) is 6.61 Å². The molecule has 1 rings (SSSR count). The molecule has 5 heteroatoms. The molecule has 1 amide bonds. The van der Waals surface area contributed by atoms with E-state index in [4.69, 9.17) is 9.84 Å². The van der Waals surface area contributed by atoms with Crippen LogP contribution in [0.15, 0.2) is 24.3 Å². The second-order valence-corrected chi connectivity index (χ2v) is 4.01. The smallest absolute Gasteiger partial charge is 0.341 e. The molecule has 0 aromatic heterocycles. The number of benzene rings is 1. The third kappa shape index (κ3) is 4.45. The summed E-state index contributed by atoms with van der Waals surface area (Å²) < 4.78 is 4.98. The number of aliphatic carboxylic acids is 1. The van der Waals surface area contributed by atoms with Gasteiger partial charge in [0.1, 0.15) is 5.75 Å². The van der Waals surface area contributed by atoms with Crippen molar-refractivity contribution in [3.05, 3.63) is 24.3 Å². The van der Waals surface area contributed by atoms with Crippen LogP contribution in [0.4, 0.5) is 5.69 Å². The quantitative estimate of drug-likeness (QED) is 0.812. The first-order chi connectivity index (χ1) is 8.52. The molecule has 0 unspecified atom stereocenters. The Morgan fingerprint density at radius 2 is 1.94 bits per heavy atom. The van der Waals surface area contributed by atoms with Gasteiger partial charge in [0.05, 0.1) is 0 Å². The lowest BCUT2D eigenvalue weighted by Gasteiger charge is -2.10. The summed E-state index contributed by atoms with van der Waals surface area (Å²) in [6.45, 7) is 3.44. The summed E-state index contributed by atoms with van der Waals surface area (Å²) in [5.41, 5.74) is 0.669. The summed E-state index contributed by atoms with van der Waals surface area (Å²) in [6, 6.07) is 6.60. The summed E-state index contributed by atoms with van der Waals surface area (Å²) in [5.74, 6) is -0.632. The molecule has 0 bridgehead atoms. The van der Waals surface area contributed by atoms with E-state index in [-0.39, 0.29) is 18.4 Å². The number of hydrogen-bond acceptors (Lipinski definition) is 3. The van der Waals surface area contributed by atoms with E-state index < -0.39 is 5.97 Å². The van der Waals surface area contributed by atoms with Crippen LogP contribution >= 0.6 is 0 Å². The SMILES string of the molecule is CC[C@H](C)C(=O)Nc1ccc(OCC(=O)O)cc1. The molecule has 1 aromatic rings. The molecule has 0 heterocycles. The number of ether oxygens (including phenoxy) is 1. The van der Waals surface area contributed by atoms with Crippen LogP contribution < -0.4 is 10.1 Å². The van der Waals surface area contributed by atoms with Crippen molar-refractivity contribution in [2.24, 2.45) is 5.92 Å². The molecule has 98 valence electrons. The molecule has 0 saturated heterocycles. The molecule has 0 aliphatic rings. The Bertz CT molecular complexity index is 414. The zero-order valence-electron chi connectivity index (χ0n) is 10.5. The zero-order valence-corrected chi connectivity index (χ0v) is 10.5. The van der Waals surface area contributed by atoms with Crippen molar-refractivity contribution in [3.8, 4) is 5.75 Å². The molecule has 0 aliphatic heterocycles. The number of anilines is 1. The lowest BCUT2D eigenvalue weighted by molar-refractivity contribution is -0.139. The van der Waals surface area contributed by atoms with Gasteiger partial charge in [-0.05, 0) is 30.7 Å². The Morgan fingerprint density at radius 1 is 1.33 bits per heavy atom. The monoisotopic (exact) mass is 251 g/mol. The van der Waals surface area contributed by atoms with Crippen molar-refractivity contribution in [2.45, 2.75) is 20.3 Å². The van der Waals surface area contributed by atoms with E-state index >= 15 is 0 Å². The first-order valence-corrected chi connectivity index (χ1v) is 5.78. The molecule has 1 aromatic carbocycles. The van der Waals surface area contributed by atoms with Gasteiger partial charge in [0.25, 0.3) is 0 Å². The summed E-state index contributed by atoms with van der Waals surface area (Å²) in [7, 11) is 0. The maximum atomic E-state index is 11.6. The molecule has 0 radical (unpaired) electrons. The molecule has 0 spiro atoms. The minimum atomic E-state index is -1.02. The number of rotatable bonds is 6. The third-order valence-electron chi connectivity index (χ3n) is 2.54. The van der Waals surface area contributed by atoms with Crippen molar-refractivity contribution in [1.29, 1.82) is 0 Å². The maximum absolute atomic E-state index is 11.6. The van der Waals surface area contributed by atoms with Gasteiger partial charge in [-0.3, -0.25) is 4.79 Å². The van der Waals surface area contributed by atoms with Crippen LogP contribution in [-0.2, 0) is 9.59 Å². The van der Waals surface area contributed by atoms with E-state index in [1.54, 1.807) is 24.3 Å². The topological polar surface area (TPSA) is 75.6 Å². The van der Waals surface area contributed by atoms with Crippen molar-refractivity contribution < 1.29 is 19.4 Å². The maximum Gasteiger partial charge on any atom is 0.341 e. The molecule has 0 aliphatic carbocycles. The van der Waals surface area contributed by atoms with Crippen LogP contribution in [0.2, 0.25) is 0 Å². The standard InChI is InChI=1S/C13H17NO4/c1-3-9(2)13(17)14-10-4-6-11(7-5-10)18-8-12(15)16/h4-7,9H,3,8H2,1-2H3,(H,14,17)(H,15,16)/t9-/m0/s1. The highest BCUT2D eigenvalue weighted by atomic mass is 16.5. The fourth-order valence-corrected chi connectivity index (χ4v) is 1.23. The molecule has 0 fully saturated rings. The van der Waals surface area contributed by atoms with Crippen molar-refractivity contribution in [2.75, 3.05) is 11.9 Å². The summed E-state index contributed by atoms with van der Waals surface area (Å²) in [5, 5.41) is 11.2. The van der Waals surface area contributed by atoms with E-state index in [9.17, 15) is 9.59 Å². The van der Waals surface area contributed by atoms with Gasteiger partial charge in [-0.25, -0.2) is 4.79 Å². The fraction of sp³-hybridized carbons (Fsp3) is 0.385. The van der Waals surface area contributed by atoms with E-state index in [1.165, 1.54) is 0 Å². The Labute approximate surface area is 106 Å². The Morgan fingerprint density at radius 3 is 2.44 bits per heavy atom. The summed E-state index contributed by atoms with van der Waals surface area (Å²) in [6.07, 6.45) is 0.783. The van der Waals surface area contributed by atoms with Gasteiger partial charge in [0, 0.05) is 11.6 Å². The highest BCUT2D eigenvalue weighted by Crippen LogP contribution is 2.16. The van der Waals surface area contributed by atoms with Gasteiger partial charge in [0.2, 0.25) is 5.91 Å².